The molecule has 3 aromatic carbocycles. The Labute approximate surface area is 142 Å². The predicted octanol–water partition coefficient (Wildman–Crippen LogP) is 6.38. The molecule has 0 fully saturated rings. The molecule has 0 radical (unpaired) electrons. The molecule has 3 aliphatic carbocycles. The van der Waals surface area contributed by atoms with Gasteiger partial charge in [0.1, 0.15) is 0 Å². The third kappa shape index (κ3) is 1.54. The van der Waals surface area contributed by atoms with Crippen molar-refractivity contribution < 1.29 is 0 Å². The van der Waals surface area contributed by atoms with Gasteiger partial charge in [-0.3, -0.25) is 0 Å². The largest absolute Gasteiger partial charge is 0.0833 e. The average Bonchev–Trinajstić information content (AvgIpc) is 3.18. The van der Waals surface area contributed by atoms with Gasteiger partial charge in [0, 0.05) is 5.92 Å². The first-order valence-corrected chi connectivity index (χ1v) is 8.93. The van der Waals surface area contributed by atoms with E-state index in [-0.39, 0.29) is 0 Å². The third-order valence-corrected chi connectivity index (χ3v) is 6.13. The van der Waals surface area contributed by atoms with Crippen LogP contribution in [0.25, 0.3) is 28.5 Å². The number of allylic oxidation sites excluding steroid dienone is 2. The van der Waals surface area contributed by atoms with Gasteiger partial charge in [0.05, 0.1) is 0 Å². The summed E-state index contributed by atoms with van der Waals surface area (Å²) in [6.45, 7) is 0. The molecule has 0 heterocycles. The molecule has 0 nitrogen and oxygen atoms in total. The molecule has 0 heteroatoms. The van der Waals surface area contributed by atoms with Crippen LogP contribution in [0, 0.1) is 0 Å². The summed E-state index contributed by atoms with van der Waals surface area (Å²) < 4.78 is 0. The molecule has 114 valence electrons. The SMILES string of the molecule is C1=Cc2cccc3c2C(C1)CC3C1=Cc2cccc3cccc1c23. The van der Waals surface area contributed by atoms with Gasteiger partial charge in [-0.2, -0.15) is 0 Å². The summed E-state index contributed by atoms with van der Waals surface area (Å²) in [5, 5.41) is 2.81. The molecule has 0 N–H and O–H groups in total. The molecule has 0 saturated heterocycles. The topological polar surface area (TPSA) is 0 Å². The maximum atomic E-state index is 2.45. The zero-order valence-electron chi connectivity index (χ0n) is 13.5. The van der Waals surface area contributed by atoms with Crippen LogP contribution in [-0.4, -0.2) is 0 Å². The second-order valence-electron chi connectivity index (χ2n) is 7.32. The quantitative estimate of drug-likeness (QED) is 0.489. The molecular formula is C24H18. The lowest BCUT2D eigenvalue weighted by molar-refractivity contribution is 0.658. The maximum absolute atomic E-state index is 2.45. The Morgan fingerprint density at radius 3 is 2.62 bits per heavy atom. The molecule has 0 spiro atoms. The second-order valence-corrected chi connectivity index (χ2v) is 7.32. The number of rotatable bonds is 1. The Bertz CT molecular complexity index is 1060. The zero-order valence-corrected chi connectivity index (χ0v) is 13.5. The highest BCUT2D eigenvalue weighted by atomic mass is 14.4. The first-order chi connectivity index (χ1) is 11.9. The van der Waals surface area contributed by atoms with E-state index >= 15 is 0 Å². The van der Waals surface area contributed by atoms with Crippen LogP contribution in [0.5, 0.6) is 0 Å². The number of hydrogen-bond donors (Lipinski definition) is 0. The predicted molar refractivity (Wildman–Crippen MR) is 102 cm³/mol. The van der Waals surface area contributed by atoms with Crippen molar-refractivity contribution in [2.75, 3.05) is 0 Å². The summed E-state index contributed by atoms with van der Waals surface area (Å²) in [6, 6.07) is 20.3. The third-order valence-electron chi connectivity index (χ3n) is 6.13. The van der Waals surface area contributed by atoms with Crippen LogP contribution in [0.15, 0.2) is 60.7 Å². The molecule has 24 heavy (non-hydrogen) atoms. The van der Waals surface area contributed by atoms with Crippen molar-refractivity contribution in [3.8, 4) is 0 Å². The smallest absolute Gasteiger partial charge is 0.0105 e. The maximum Gasteiger partial charge on any atom is 0.0105 e. The minimum atomic E-state index is 0.544. The standard InChI is InChI=1S/C24H18/c1-5-15-7-3-11-19-21(13-17(9-1)23(15)19)22-14-18-10-2-6-16-8-4-12-20(22)24(16)18/h1-9,11-13,18,22H,10,14H2. The van der Waals surface area contributed by atoms with E-state index in [2.05, 4.69) is 72.8 Å². The van der Waals surface area contributed by atoms with Gasteiger partial charge < -0.3 is 0 Å². The van der Waals surface area contributed by atoms with E-state index in [4.69, 9.17) is 0 Å². The van der Waals surface area contributed by atoms with Crippen molar-refractivity contribution in [1.29, 1.82) is 0 Å². The van der Waals surface area contributed by atoms with Crippen molar-refractivity contribution in [2.45, 2.75) is 24.7 Å². The van der Waals surface area contributed by atoms with Crippen LogP contribution in [0.1, 0.15) is 52.5 Å². The van der Waals surface area contributed by atoms with Crippen LogP contribution in [0.2, 0.25) is 0 Å². The van der Waals surface area contributed by atoms with Crippen LogP contribution in [0.4, 0.5) is 0 Å². The molecule has 3 aliphatic rings. The van der Waals surface area contributed by atoms with Gasteiger partial charge in [0.25, 0.3) is 0 Å². The molecular weight excluding hydrogens is 288 g/mol. The van der Waals surface area contributed by atoms with E-state index in [0.717, 1.165) is 0 Å². The lowest BCUT2D eigenvalue weighted by Crippen LogP contribution is -1.98. The van der Waals surface area contributed by atoms with E-state index in [9.17, 15) is 0 Å². The molecule has 2 atom stereocenters. The number of hydrogen-bond acceptors (Lipinski definition) is 0. The highest BCUT2D eigenvalue weighted by molar-refractivity contribution is 6.10. The lowest BCUT2D eigenvalue weighted by Gasteiger charge is -2.16. The fourth-order valence-electron chi connectivity index (χ4n) is 5.18. The van der Waals surface area contributed by atoms with Gasteiger partial charge in [-0.25, -0.2) is 0 Å². The lowest BCUT2D eigenvalue weighted by atomic mass is 9.88. The van der Waals surface area contributed by atoms with Crippen molar-refractivity contribution >= 4 is 28.5 Å². The molecule has 6 rings (SSSR count). The Morgan fingerprint density at radius 2 is 1.67 bits per heavy atom. The Morgan fingerprint density at radius 1 is 0.833 bits per heavy atom. The second kappa shape index (κ2) is 4.48. The Hall–Kier alpha value is -2.60. The molecule has 3 aromatic rings. The molecule has 0 saturated carbocycles. The van der Waals surface area contributed by atoms with Crippen LogP contribution >= 0.6 is 0 Å². The van der Waals surface area contributed by atoms with Gasteiger partial charge in [0.15, 0.2) is 0 Å². The monoisotopic (exact) mass is 306 g/mol. The van der Waals surface area contributed by atoms with Crippen molar-refractivity contribution in [3.63, 3.8) is 0 Å². The van der Waals surface area contributed by atoms with E-state index in [0.29, 0.717) is 11.8 Å². The molecule has 0 bridgehead atoms. The summed E-state index contributed by atoms with van der Waals surface area (Å²) in [6.07, 6.45) is 9.58. The summed E-state index contributed by atoms with van der Waals surface area (Å²) in [5.41, 5.74) is 9.02. The fraction of sp³-hybridized carbons (Fsp3) is 0.167. The van der Waals surface area contributed by atoms with Crippen LogP contribution < -0.4 is 0 Å². The normalized spacial score (nSPS) is 22.8. The minimum absolute atomic E-state index is 0.544. The Balaban J connectivity index is 1.57. The molecule has 2 unspecified atom stereocenters. The van der Waals surface area contributed by atoms with E-state index in [1.165, 1.54) is 45.9 Å². The summed E-state index contributed by atoms with van der Waals surface area (Å²) in [5.74, 6) is 1.25. The van der Waals surface area contributed by atoms with E-state index < -0.39 is 0 Å². The molecule has 0 aromatic heterocycles. The number of benzene rings is 3. The average molecular weight is 306 g/mol. The van der Waals surface area contributed by atoms with Gasteiger partial charge in [-0.1, -0.05) is 66.7 Å². The van der Waals surface area contributed by atoms with Crippen molar-refractivity contribution in [1.82, 2.24) is 0 Å². The summed E-state index contributed by atoms with van der Waals surface area (Å²) >= 11 is 0. The summed E-state index contributed by atoms with van der Waals surface area (Å²) in [4.78, 5) is 0. The summed E-state index contributed by atoms with van der Waals surface area (Å²) in [7, 11) is 0. The van der Waals surface area contributed by atoms with Gasteiger partial charge in [-0.05, 0) is 69.0 Å². The van der Waals surface area contributed by atoms with E-state index in [1.54, 1.807) is 11.1 Å². The highest BCUT2D eigenvalue weighted by Gasteiger charge is 2.36. The minimum Gasteiger partial charge on any atom is -0.0833 e. The highest BCUT2D eigenvalue weighted by Crippen LogP contribution is 2.54. The first-order valence-electron chi connectivity index (χ1n) is 8.93. The van der Waals surface area contributed by atoms with Crippen LogP contribution in [-0.2, 0) is 0 Å². The Kier molecular flexibility index (Phi) is 2.38. The van der Waals surface area contributed by atoms with Gasteiger partial charge >= 0.3 is 0 Å². The zero-order chi connectivity index (χ0) is 15.7. The van der Waals surface area contributed by atoms with Crippen molar-refractivity contribution in [3.05, 3.63) is 88.5 Å². The van der Waals surface area contributed by atoms with Crippen molar-refractivity contribution in [2.24, 2.45) is 0 Å². The molecule has 0 amide bonds. The van der Waals surface area contributed by atoms with Crippen LogP contribution in [0.3, 0.4) is 0 Å². The van der Waals surface area contributed by atoms with Gasteiger partial charge in [-0.15, -0.1) is 0 Å². The van der Waals surface area contributed by atoms with E-state index in [1.807, 2.05) is 0 Å². The first kappa shape index (κ1) is 12.8. The van der Waals surface area contributed by atoms with Gasteiger partial charge in [0.2, 0.25) is 0 Å². The fourth-order valence-corrected chi connectivity index (χ4v) is 5.18. The molecule has 0 aliphatic heterocycles.